The van der Waals surface area contributed by atoms with Gasteiger partial charge in [0.05, 0.1) is 0 Å². The number of imide groups is 1. The van der Waals surface area contributed by atoms with Crippen molar-refractivity contribution in [1.82, 2.24) is 10.2 Å². The van der Waals surface area contributed by atoms with Gasteiger partial charge in [-0.2, -0.15) is 12.6 Å². The minimum Gasteiger partial charge on any atom is -0.323 e. The first-order chi connectivity index (χ1) is 7.19. The molecule has 0 aromatic heterocycles. The van der Waals surface area contributed by atoms with Crippen LogP contribution >= 0.6 is 12.6 Å². The van der Waals surface area contributed by atoms with Crippen LogP contribution in [0.4, 0.5) is 4.79 Å². The molecule has 15 heavy (non-hydrogen) atoms. The first kappa shape index (κ1) is 10.8. The summed E-state index contributed by atoms with van der Waals surface area (Å²) in [5.41, 5.74) is -0.548. The van der Waals surface area contributed by atoms with E-state index in [0.29, 0.717) is 12.3 Å². The Balaban J connectivity index is 2.08. The average Bonchev–Trinajstić information content (AvgIpc) is 2.75. The summed E-state index contributed by atoms with van der Waals surface area (Å²) in [4.78, 5) is 25.0. The molecular formula is C10H16N2O2S. The van der Waals surface area contributed by atoms with E-state index >= 15 is 0 Å². The second-order valence-corrected chi connectivity index (χ2v) is 4.70. The number of amides is 3. The van der Waals surface area contributed by atoms with Gasteiger partial charge in [0.1, 0.15) is 5.54 Å². The molecule has 2 aliphatic rings. The van der Waals surface area contributed by atoms with E-state index in [1.165, 1.54) is 4.90 Å². The van der Waals surface area contributed by atoms with Gasteiger partial charge in [0, 0.05) is 6.54 Å². The molecule has 4 nitrogen and oxygen atoms in total. The minimum absolute atomic E-state index is 0.0215. The molecule has 2 rings (SSSR count). The van der Waals surface area contributed by atoms with Gasteiger partial charge in [0.15, 0.2) is 0 Å². The van der Waals surface area contributed by atoms with Crippen LogP contribution in [-0.2, 0) is 4.79 Å². The van der Waals surface area contributed by atoms with Crippen molar-refractivity contribution >= 4 is 24.6 Å². The number of nitrogens with zero attached hydrogens (tertiary/aromatic N) is 1. The summed E-state index contributed by atoms with van der Waals surface area (Å²) in [6.45, 7) is 0.496. The van der Waals surface area contributed by atoms with Gasteiger partial charge in [-0.1, -0.05) is 12.8 Å². The molecule has 1 saturated carbocycles. The summed E-state index contributed by atoms with van der Waals surface area (Å²) >= 11 is 4.08. The maximum Gasteiger partial charge on any atom is 0.325 e. The van der Waals surface area contributed by atoms with E-state index in [4.69, 9.17) is 0 Å². The van der Waals surface area contributed by atoms with Crippen molar-refractivity contribution in [3.63, 3.8) is 0 Å². The Bertz CT molecular complexity index is 287. The number of nitrogens with one attached hydrogen (secondary N) is 1. The first-order valence-corrected chi connectivity index (χ1v) is 6.08. The zero-order valence-electron chi connectivity index (χ0n) is 8.66. The second-order valence-electron chi connectivity index (χ2n) is 4.25. The van der Waals surface area contributed by atoms with Crippen LogP contribution in [0.5, 0.6) is 0 Å². The van der Waals surface area contributed by atoms with E-state index in [0.717, 1.165) is 32.1 Å². The van der Waals surface area contributed by atoms with E-state index in [9.17, 15) is 9.59 Å². The molecule has 1 heterocycles. The van der Waals surface area contributed by atoms with E-state index in [-0.39, 0.29) is 11.9 Å². The van der Waals surface area contributed by atoms with Crippen molar-refractivity contribution in [2.24, 2.45) is 0 Å². The fourth-order valence-electron chi connectivity index (χ4n) is 2.43. The summed E-state index contributed by atoms with van der Waals surface area (Å²) < 4.78 is 0. The minimum atomic E-state index is -0.548. The van der Waals surface area contributed by atoms with E-state index in [2.05, 4.69) is 17.9 Å². The monoisotopic (exact) mass is 228 g/mol. The van der Waals surface area contributed by atoms with Crippen molar-refractivity contribution in [3.05, 3.63) is 0 Å². The van der Waals surface area contributed by atoms with Crippen LogP contribution in [0.1, 0.15) is 32.1 Å². The molecule has 1 saturated heterocycles. The molecule has 0 aromatic rings. The molecule has 3 amide bonds. The van der Waals surface area contributed by atoms with Crippen LogP contribution in [0.25, 0.3) is 0 Å². The smallest absolute Gasteiger partial charge is 0.323 e. The molecule has 84 valence electrons. The number of carbonyl (C=O) groups is 2. The van der Waals surface area contributed by atoms with Crippen LogP contribution in [0.3, 0.4) is 0 Å². The third-order valence-corrected chi connectivity index (χ3v) is 3.56. The van der Waals surface area contributed by atoms with Crippen LogP contribution in [-0.4, -0.2) is 34.7 Å². The summed E-state index contributed by atoms with van der Waals surface area (Å²) in [6.07, 6.45) is 4.43. The summed E-state index contributed by atoms with van der Waals surface area (Å²) in [5, 5.41) is 2.85. The lowest BCUT2D eigenvalue weighted by Gasteiger charge is -2.19. The molecule has 1 N–H and O–H groups in total. The Morgan fingerprint density at radius 3 is 2.60 bits per heavy atom. The van der Waals surface area contributed by atoms with Crippen LogP contribution in [0.2, 0.25) is 0 Å². The second kappa shape index (κ2) is 4.04. The zero-order valence-corrected chi connectivity index (χ0v) is 9.56. The fraction of sp³-hybridized carbons (Fsp3) is 0.800. The van der Waals surface area contributed by atoms with Gasteiger partial charge in [-0.05, 0) is 25.0 Å². The van der Waals surface area contributed by atoms with Crippen molar-refractivity contribution in [2.45, 2.75) is 37.6 Å². The molecule has 5 heteroatoms. The zero-order chi connectivity index (χ0) is 10.9. The molecule has 0 radical (unpaired) electrons. The topological polar surface area (TPSA) is 49.4 Å². The van der Waals surface area contributed by atoms with Gasteiger partial charge >= 0.3 is 6.03 Å². The summed E-state index contributed by atoms with van der Waals surface area (Å²) in [7, 11) is 0. The van der Waals surface area contributed by atoms with Gasteiger partial charge in [0.25, 0.3) is 5.91 Å². The third kappa shape index (κ3) is 1.73. The lowest BCUT2D eigenvalue weighted by atomic mass is 9.98. The maximum atomic E-state index is 12.1. The molecule has 0 unspecified atom stereocenters. The highest BCUT2D eigenvalue weighted by Gasteiger charge is 2.51. The predicted molar refractivity (Wildman–Crippen MR) is 59.9 cm³/mol. The highest BCUT2D eigenvalue weighted by atomic mass is 32.1. The quantitative estimate of drug-likeness (QED) is 0.563. The molecule has 2 fully saturated rings. The van der Waals surface area contributed by atoms with Crippen LogP contribution in [0.15, 0.2) is 0 Å². The van der Waals surface area contributed by atoms with Crippen molar-refractivity contribution in [1.29, 1.82) is 0 Å². The fourth-order valence-corrected chi connectivity index (χ4v) is 2.57. The maximum absolute atomic E-state index is 12.1. The molecule has 1 aliphatic heterocycles. The Hall–Kier alpha value is -0.710. The summed E-state index contributed by atoms with van der Waals surface area (Å²) in [6, 6.07) is -0.219. The van der Waals surface area contributed by atoms with Gasteiger partial charge in [-0.3, -0.25) is 9.69 Å². The lowest BCUT2D eigenvalue weighted by molar-refractivity contribution is -0.131. The SMILES string of the molecule is O=C1NC2(CCCC2)C(=O)N1CCCS. The molecular weight excluding hydrogens is 212 g/mol. The Morgan fingerprint density at radius 2 is 2.00 bits per heavy atom. The number of rotatable bonds is 3. The van der Waals surface area contributed by atoms with E-state index < -0.39 is 5.54 Å². The molecule has 0 atom stereocenters. The number of urea groups is 1. The Labute approximate surface area is 94.8 Å². The van der Waals surface area contributed by atoms with Gasteiger partial charge in [0.2, 0.25) is 0 Å². The van der Waals surface area contributed by atoms with E-state index in [1.54, 1.807) is 0 Å². The van der Waals surface area contributed by atoms with Gasteiger partial charge < -0.3 is 5.32 Å². The predicted octanol–water partition coefficient (Wildman–Crippen LogP) is 1.17. The lowest BCUT2D eigenvalue weighted by Crippen LogP contribution is -2.44. The number of thiol groups is 1. The molecule has 0 bridgehead atoms. The van der Waals surface area contributed by atoms with Gasteiger partial charge in [-0.25, -0.2) is 4.79 Å². The largest absolute Gasteiger partial charge is 0.325 e. The normalized spacial score (nSPS) is 23.9. The molecule has 1 aliphatic carbocycles. The number of hydrogen-bond acceptors (Lipinski definition) is 3. The average molecular weight is 228 g/mol. The van der Waals surface area contributed by atoms with Crippen LogP contribution in [0, 0.1) is 0 Å². The van der Waals surface area contributed by atoms with Crippen molar-refractivity contribution in [3.8, 4) is 0 Å². The molecule has 0 aromatic carbocycles. The van der Waals surface area contributed by atoms with Crippen molar-refractivity contribution < 1.29 is 9.59 Å². The third-order valence-electron chi connectivity index (χ3n) is 3.24. The Kier molecular flexibility index (Phi) is 2.91. The van der Waals surface area contributed by atoms with Crippen molar-refractivity contribution in [2.75, 3.05) is 12.3 Å². The van der Waals surface area contributed by atoms with E-state index in [1.807, 2.05) is 0 Å². The number of carbonyl (C=O) groups excluding carboxylic acids is 2. The first-order valence-electron chi connectivity index (χ1n) is 5.45. The molecule has 1 spiro atoms. The number of hydrogen-bond donors (Lipinski definition) is 2. The standard InChI is InChI=1S/C10H16N2O2S/c13-8-10(4-1-2-5-10)11-9(14)12(8)6-3-7-15/h15H,1-7H2,(H,11,14). The highest BCUT2D eigenvalue weighted by Crippen LogP contribution is 2.34. The van der Waals surface area contributed by atoms with Crippen LogP contribution < -0.4 is 5.32 Å². The Morgan fingerprint density at radius 1 is 1.33 bits per heavy atom. The summed E-state index contributed by atoms with van der Waals surface area (Å²) in [5.74, 6) is 0.677. The highest BCUT2D eigenvalue weighted by molar-refractivity contribution is 7.80. The van der Waals surface area contributed by atoms with Gasteiger partial charge in [-0.15, -0.1) is 0 Å².